The van der Waals surface area contributed by atoms with Gasteiger partial charge in [0.15, 0.2) is 5.84 Å². The molecule has 4 nitrogen and oxygen atoms in total. The Morgan fingerprint density at radius 1 is 1.29 bits per heavy atom. The van der Waals surface area contributed by atoms with E-state index >= 15 is 0 Å². The normalized spacial score (nSPS) is 11.5. The Balaban J connectivity index is 2.23. The van der Waals surface area contributed by atoms with E-state index in [4.69, 9.17) is 22.5 Å². The smallest absolute Gasteiger partial charge is 0.173 e. The second kappa shape index (κ2) is 6.41. The van der Waals surface area contributed by atoms with E-state index in [0.717, 1.165) is 0 Å². The van der Waals surface area contributed by atoms with Crippen molar-refractivity contribution >= 4 is 23.1 Å². The standard InChI is InChI=1S/C14H12ClF2N3O/c15-9-4-5-11(16)12(6-9)19-7-8-2-1-3-10(13(8)17)14(18)20-21/h1-6,19,21H,7H2,(H2,18,20). The summed E-state index contributed by atoms with van der Waals surface area (Å²) < 4.78 is 27.7. The van der Waals surface area contributed by atoms with Crippen LogP contribution < -0.4 is 11.1 Å². The van der Waals surface area contributed by atoms with Crippen LogP contribution in [0.3, 0.4) is 0 Å². The van der Waals surface area contributed by atoms with Crippen molar-refractivity contribution in [3.63, 3.8) is 0 Å². The summed E-state index contributed by atoms with van der Waals surface area (Å²) in [5.41, 5.74) is 5.76. The van der Waals surface area contributed by atoms with Gasteiger partial charge in [0, 0.05) is 17.1 Å². The van der Waals surface area contributed by atoms with Crippen LogP contribution in [0.4, 0.5) is 14.5 Å². The van der Waals surface area contributed by atoms with E-state index in [-0.39, 0.29) is 29.2 Å². The van der Waals surface area contributed by atoms with Crippen LogP contribution >= 0.6 is 11.6 Å². The van der Waals surface area contributed by atoms with Crippen molar-refractivity contribution in [2.24, 2.45) is 10.9 Å². The zero-order chi connectivity index (χ0) is 15.4. The van der Waals surface area contributed by atoms with Crippen LogP contribution in [0.1, 0.15) is 11.1 Å². The van der Waals surface area contributed by atoms with Crippen molar-refractivity contribution in [1.29, 1.82) is 0 Å². The fourth-order valence-corrected chi connectivity index (χ4v) is 1.96. The zero-order valence-electron chi connectivity index (χ0n) is 10.8. The van der Waals surface area contributed by atoms with Crippen LogP contribution in [-0.2, 0) is 6.54 Å². The van der Waals surface area contributed by atoms with Gasteiger partial charge in [-0.2, -0.15) is 0 Å². The second-order valence-corrected chi connectivity index (χ2v) is 4.68. The molecule has 0 aliphatic rings. The first-order valence-electron chi connectivity index (χ1n) is 5.97. The molecular formula is C14H12ClF2N3O. The summed E-state index contributed by atoms with van der Waals surface area (Å²) in [6.07, 6.45) is 0. The monoisotopic (exact) mass is 311 g/mol. The van der Waals surface area contributed by atoms with Gasteiger partial charge in [0.25, 0.3) is 0 Å². The van der Waals surface area contributed by atoms with E-state index in [1.807, 2.05) is 0 Å². The molecular weight excluding hydrogens is 300 g/mol. The number of hydrogen-bond donors (Lipinski definition) is 3. The number of rotatable bonds is 4. The summed E-state index contributed by atoms with van der Waals surface area (Å²) in [6, 6.07) is 8.49. The van der Waals surface area contributed by atoms with Crippen molar-refractivity contribution in [2.45, 2.75) is 6.54 Å². The van der Waals surface area contributed by atoms with Gasteiger partial charge in [-0.05, 0) is 24.3 Å². The van der Waals surface area contributed by atoms with Gasteiger partial charge in [-0.1, -0.05) is 28.9 Å². The van der Waals surface area contributed by atoms with E-state index in [9.17, 15) is 8.78 Å². The van der Waals surface area contributed by atoms with E-state index in [0.29, 0.717) is 5.02 Å². The minimum Gasteiger partial charge on any atom is -0.409 e. The number of oxime groups is 1. The van der Waals surface area contributed by atoms with Crippen LogP contribution in [0.25, 0.3) is 0 Å². The number of nitrogens with two attached hydrogens (primary N) is 1. The van der Waals surface area contributed by atoms with Gasteiger partial charge in [0.2, 0.25) is 0 Å². The molecule has 0 bridgehead atoms. The summed E-state index contributed by atoms with van der Waals surface area (Å²) >= 11 is 5.77. The number of hydrogen-bond acceptors (Lipinski definition) is 3. The molecule has 0 radical (unpaired) electrons. The van der Waals surface area contributed by atoms with Crippen LogP contribution in [-0.4, -0.2) is 11.0 Å². The molecule has 21 heavy (non-hydrogen) atoms. The van der Waals surface area contributed by atoms with Crippen molar-refractivity contribution in [3.8, 4) is 0 Å². The molecule has 0 amide bonds. The molecule has 0 atom stereocenters. The van der Waals surface area contributed by atoms with Crippen LogP contribution in [0.15, 0.2) is 41.6 Å². The number of nitrogens with zero attached hydrogens (tertiary/aromatic N) is 1. The predicted molar refractivity (Wildman–Crippen MR) is 77.6 cm³/mol. The molecule has 0 aliphatic carbocycles. The van der Waals surface area contributed by atoms with E-state index in [1.165, 1.54) is 30.3 Å². The maximum absolute atomic E-state index is 14.2. The summed E-state index contributed by atoms with van der Waals surface area (Å²) in [6.45, 7) is 0.0235. The van der Waals surface area contributed by atoms with Crippen LogP contribution in [0.2, 0.25) is 5.02 Å². The maximum Gasteiger partial charge on any atom is 0.173 e. The highest BCUT2D eigenvalue weighted by Gasteiger charge is 2.12. The second-order valence-electron chi connectivity index (χ2n) is 4.24. The Labute approximate surface area is 124 Å². The SMILES string of the molecule is N/C(=N/O)c1cccc(CNc2cc(Cl)ccc2F)c1F. The van der Waals surface area contributed by atoms with E-state index < -0.39 is 11.6 Å². The molecule has 0 saturated carbocycles. The average molecular weight is 312 g/mol. The molecule has 0 fully saturated rings. The first-order chi connectivity index (χ1) is 10.0. The first kappa shape index (κ1) is 15.1. The fourth-order valence-electron chi connectivity index (χ4n) is 1.79. The molecule has 0 aliphatic heterocycles. The Hall–Kier alpha value is -2.34. The molecule has 4 N–H and O–H groups in total. The third-order valence-corrected chi connectivity index (χ3v) is 3.10. The molecule has 2 aromatic rings. The van der Waals surface area contributed by atoms with Crippen LogP contribution in [0, 0.1) is 11.6 Å². The number of nitrogens with one attached hydrogen (secondary N) is 1. The summed E-state index contributed by atoms with van der Waals surface area (Å²) in [7, 11) is 0. The Morgan fingerprint density at radius 3 is 2.76 bits per heavy atom. The lowest BCUT2D eigenvalue weighted by molar-refractivity contribution is 0.318. The fraction of sp³-hybridized carbons (Fsp3) is 0.0714. The highest BCUT2D eigenvalue weighted by molar-refractivity contribution is 6.30. The molecule has 2 rings (SSSR count). The minimum atomic E-state index is -0.636. The van der Waals surface area contributed by atoms with E-state index in [1.54, 1.807) is 6.07 Å². The minimum absolute atomic E-state index is 0.0235. The largest absolute Gasteiger partial charge is 0.409 e. The lowest BCUT2D eigenvalue weighted by Crippen LogP contribution is -2.16. The van der Waals surface area contributed by atoms with Crippen molar-refractivity contribution in [3.05, 3.63) is 64.2 Å². The van der Waals surface area contributed by atoms with Gasteiger partial charge in [0.1, 0.15) is 11.6 Å². The Bertz CT molecular complexity index is 692. The summed E-state index contributed by atoms with van der Waals surface area (Å²) in [5, 5.41) is 14.5. The zero-order valence-corrected chi connectivity index (χ0v) is 11.5. The van der Waals surface area contributed by atoms with Crippen LogP contribution in [0.5, 0.6) is 0 Å². The first-order valence-corrected chi connectivity index (χ1v) is 6.35. The van der Waals surface area contributed by atoms with Gasteiger partial charge in [-0.25, -0.2) is 8.78 Å². The molecule has 0 saturated heterocycles. The quantitative estimate of drug-likeness (QED) is 0.351. The third-order valence-electron chi connectivity index (χ3n) is 2.86. The maximum atomic E-state index is 14.2. The lowest BCUT2D eigenvalue weighted by atomic mass is 10.1. The molecule has 110 valence electrons. The number of anilines is 1. The average Bonchev–Trinajstić information content (AvgIpc) is 2.48. The van der Waals surface area contributed by atoms with Crippen molar-refractivity contribution in [1.82, 2.24) is 0 Å². The van der Waals surface area contributed by atoms with Gasteiger partial charge < -0.3 is 16.3 Å². The van der Waals surface area contributed by atoms with Gasteiger partial charge in [-0.3, -0.25) is 0 Å². The van der Waals surface area contributed by atoms with E-state index in [2.05, 4.69) is 10.5 Å². The van der Waals surface area contributed by atoms with Gasteiger partial charge >= 0.3 is 0 Å². The van der Waals surface area contributed by atoms with Gasteiger partial charge in [-0.15, -0.1) is 0 Å². The highest BCUT2D eigenvalue weighted by atomic mass is 35.5. The Kier molecular flexibility index (Phi) is 4.59. The predicted octanol–water partition coefficient (Wildman–Crippen LogP) is 3.32. The van der Waals surface area contributed by atoms with Gasteiger partial charge in [0.05, 0.1) is 11.3 Å². The third kappa shape index (κ3) is 3.41. The molecule has 0 spiro atoms. The summed E-state index contributed by atoms with van der Waals surface area (Å²) in [5.74, 6) is -1.46. The molecule has 0 aromatic heterocycles. The number of benzene rings is 2. The van der Waals surface area contributed by atoms with Crippen molar-refractivity contribution < 1.29 is 14.0 Å². The topological polar surface area (TPSA) is 70.6 Å². The molecule has 7 heteroatoms. The summed E-state index contributed by atoms with van der Waals surface area (Å²) in [4.78, 5) is 0. The van der Waals surface area contributed by atoms with Crippen molar-refractivity contribution in [2.75, 3.05) is 5.32 Å². The Morgan fingerprint density at radius 2 is 2.05 bits per heavy atom. The highest BCUT2D eigenvalue weighted by Crippen LogP contribution is 2.21. The molecule has 0 unspecified atom stereocenters. The molecule has 2 aromatic carbocycles. The number of amidine groups is 1. The number of halogens is 3. The molecule has 0 heterocycles. The lowest BCUT2D eigenvalue weighted by Gasteiger charge is -2.10.